The fourth-order valence-electron chi connectivity index (χ4n) is 11.0. The number of aromatic nitrogens is 2. The molecule has 0 saturated carbocycles. The lowest BCUT2D eigenvalue weighted by atomic mass is 9.77. The monoisotopic (exact) mass is 974 g/mol. The minimum absolute atomic E-state index is 0.0445. The fourth-order valence-corrected chi connectivity index (χ4v) is 11.0. The first-order valence-corrected chi connectivity index (χ1v) is 26.2. The van der Waals surface area contributed by atoms with Gasteiger partial charge in [0.1, 0.15) is 24.0 Å². The third kappa shape index (κ3) is 8.82. The van der Waals surface area contributed by atoms with E-state index >= 15 is 0 Å². The second-order valence-electron chi connectivity index (χ2n) is 22.2. The number of hydrogen-bond acceptors (Lipinski definition) is 4. The molecule has 0 bridgehead atoms. The molecule has 0 spiro atoms. The maximum Gasteiger partial charge on any atom is 0.137 e. The highest BCUT2D eigenvalue weighted by molar-refractivity contribution is 6.10. The van der Waals surface area contributed by atoms with Crippen LogP contribution < -0.4 is 14.5 Å². The van der Waals surface area contributed by atoms with E-state index in [0.717, 1.165) is 56.5 Å². The van der Waals surface area contributed by atoms with Crippen LogP contribution in [0.5, 0.6) is 11.5 Å². The van der Waals surface area contributed by atoms with Crippen LogP contribution in [0, 0.1) is 0 Å². The average Bonchev–Trinajstić information content (AvgIpc) is 4.01. The summed E-state index contributed by atoms with van der Waals surface area (Å²) in [7, 11) is 0. The zero-order valence-electron chi connectivity index (χ0n) is 43.9. The number of nitrogens with zero attached hydrogens (tertiary/aromatic N) is 4. The van der Waals surface area contributed by atoms with Crippen LogP contribution in [-0.2, 0) is 16.2 Å². The van der Waals surface area contributed by atoms with Gasteiger partial charge in [0.15, 0.2) is 0 Å². The Morgan fingerprint density at radius 2 is 1.00 bits per heavy atom. The zero-order chi connectivity index (χ0) is 51.5. The lowest BCUT2D eigenvalue weighted by molar-refractivity contribution is 0.483. The predicted molar refractivity (Wildman–Crippen MR) is 314 cm³/mol. The first-order chi connectivity index (χ1) is 36.3. The van der Waals surface area contributed by atoms with E-state index < -0.39 is 0 Å². The highest BCUT2D eigenvalue weighted by Crippen LogP contribution is 2.49. The van der Waals surface area contributed by atoms with Crippen LogP contribution in [0.3, 0.4) is 0 Å². The Morgan fingerprint density at radius 1 is 0.373 bits per heavy atom. The molecular formula is C70H62N4O. The van der Waals surface area contributed by atoms with Crippen molar-refractivity contribution in [2.45, 2.75) is 64.7 Å². The summed E-state index contributed by atoms with van der Waals surface area (Å²) in [5.74, 6) is 2.39. The minimum Gasteiger partial charge on any atom is -0.457 e. The molecule has 1 aliphatic heterocycles. The van der Waals surface area contributed by atoms with Gasteiger partial charge in [0.05, 0.1) is 22.4 Å². The highest BCUT2D eigenvalue weighted by Gasteiger charge is 2.34. The van der Waals surface area contributed by atoms with Crippen LogP contribution in [-0.4, -0.2) is 16.2 Å². The molecule has 75 heavy (non-hydrogen) atoms. The number of hydrogen-bond donors (Lipinski definition) is 0. The third-order valence-corrected chi connectivity index (χ3v) is 15.7. The van der Waals surface area contributed by atoms with Gasteiger partial charge in [0.25, 0.3) is 0 Å². The third-order valence-electron chi connectivity index (χ3n) is 15.7. The van der Waals surface area contributed by atoms with E-state index in [2.05, 4.69) is 293 Å². The largest absolute Gasteiger partial charge is 0.457 e. The highest BCUT2D eigenvalue weighted by atomic mass is 16.5. The molecule has 368 valence electrons. The molecule has 0 atom stereocenters. The quantitative estimate of drug-likeness (QED) is 0.129. The van der Waals surface area contributed by atoms with Gasteiger partial charge in [-0.15, -0.1) is 0 Å². The maximum absolute atomic E-state index is 6.97. The van der Waals surface area contributed by atoms with E-state index in [-0.39, 0.29) is 16.2 Å². The number of anilines is 4. The van der Waals surface area contributed by atoms with Crippen LogP contribution in [0.15, 0.2) is 237 Å². The van der Waals surface area contributed by atoms with E-state index in [1.807, 2.05) is 6.20 Å². The van der Waals surface area contributed by atoms with Gasteiger partial charge in [-0.3, -0.25) is 4.57 Å². The number of rotatable bonds is 11. The van der Waals surface area contributed by atoms with Crippen LogP contribution in [0.2, 0.25) is 0 Å². The number of fused-ring (bicyclic) bond motifs is 4. The molecule has 0 amide bonds. The van der Waals surface area contributed by atoms with Gasteiger partial charge in [-0.05, 0) is 128 Å². The minimum atomic E-state index is -0.256. The molecule has 5 nitrogen and oxygen atoms in total. The lowest BCUT2D eigenvalue weighted by Gasteiger charge is -2.29. The van der Waals surface area contributed by atoms with Gasteiger partial charge in [0.2, 0.25) is 0 Å². The summed E-state index contributed by atoms with van der Waals surface area (Å²) in [5.41, 5.74) is 17.1. The molecule has 3 heterocycles. The molecule has 9 aromatic carbocycles. The van der Waals surface area contributed by atoms with Gasteiger partial charge < -0.3 is 14.5 Å². The Bertz CT molecular complexity index is 3870. The number of pyridine rings is 1. The van der Waals surface area contributed by atoms with Crippen molar-refractivity contribution in [3.63, 3.8) is 0 Å². The van der Waals surface area contributed by atoms with Gasteiger partial charge in [-0.2, -0.15) is 0 Å². The van der Waals surface area contributed by atoms with Crippen LogP contribution >= 0.6 is 0 Å². The first kappa shape index (κ1) is 47.3. The molecule has 0 fully saturated rings. The summed E-state index contributed by atoms with van der Waals surface area (Å²) in [4.78, 5) is 9.93. The van der Waals surface area contributed by atoms with Crippen LogP contribution in [0.4, 0.5) is 22.7 Å². The molecule has 5 heteroatoms. The smallest absolute Gasteiger partial charge is 0.137 e. The molecule has 1 aliphatic rings. The second kappa shape index (κ2) is 18.7. The zero-order valence-corrected chi connectivity index (χ0v) is 43.9. The second-order valence-corrected chi connectivity index (χ2v) is 22.2. The number of benzene rings is 9. The Kier molecular flexibility index (Phi) is 11.8. The fraction of sp³-hybridized carbons (Fsp3) is 0.157. The van der Waals surface area contributed by atoms with Crippen molar-refractivity contribution in [1.29, 1.82) is 0 Å². The van der Waals surface area contributed by atoms with Gasteiger partial charge in [0, 0.05) is 51.3 Å². The van der Waals surface area contributed by atoms with Crippen molar-refractivity contribution >= 4 is 44.6 Å². The van der Waals surface area contributed by atoms with Crippen molar-refractivity contribution in [3.05, 3.63) is 265 Å². The topological polar surface area (TPSA) is 33.5 Å². The van der Waals surface area contributed by atoms with Crippen LogP contribution in [0.25, 0.3) is 49.9 Å². The lowest BCUT2D eigenvalue weighted by Crippen LogP contribution is -2.25. The summed E-state index contributed by atoms with van der Waals surface area (Å²) in [6.07, 6.45) is 1.94. The molecule has 11 aromatic rings. The molecular weight excluding hydrogens is 913 g/mol. The van der Waals surface area contributed by atoms with Crippen molar-refractivity contribution in [1.82, 2.24) is 9.55 Å². The normalized spacial score (nSPS) is 12.9. The van der Waals surface area contributed by atoms with Gasteiger partial charge >= 0.3 is 0 Å². The molecule has 12 rings (SSSR count). The van der Waals surface area contributed by atoms with Crippen molar-refractivity contribution in [3.8, 4) is 39.6 Å². The molecule has 0 radical (unpaired) electrons. The summed E-state index contributed by atoms with van der Waals surface area (Å²) >= 11 is 0. The van der Waals surface area contributed by atoms with Crippen molar-refractivity contribution < 1.29 is 4.74 Å². The molecule has 0 N–H and O–H groups in total. The molecule has 0 saturated heterocycles. The van der Waals surface area contributed by atoms with Crippen molar-refractivity contribution in [2.24, 2.45) is 0 Å². The van der Waals surface area contributed by atoms with E-state index in [1.54, 1.807) is 0 Å². The maximum atomic E-state index is 6.97. The SMILES string of the molecule is CC(C)(C)c1ccnc(-n2c3ccc(-c4ccccc4)cc3c3ccc(Oc4cccc(N5CN(c6cc(-c7ccccc7)cc(C(C)(C)c7ccccc7)c6)c6ccc(C(C)(C)c7ccccc7)cc65)c4)cc32)c1. The van der Waals surface area contributed by atoms with E-state index in [1.165, 1.54) is 55.5 Å². The Balaban J connectivity index is 0.961. The van der Waals surface area contributed by atoms with E-state index in [0.29, 0.717) is 6.67 Å². The average molecular weight is 975 g/mol. The summed E-state index contributed by atoms with van der Waals surface area (Å²) in [6, 6.07) is 83.5. The van der Waals surface area contributed by atoms with Crippen LogP contribution in [0.1, 0.15) is 76.3 Å². The molecule has 0 unspecified atom stereocenters. The molecule has 0 aliphatic carbocycles. The standard InChI is InChI=1S/C70H62N4O/c1-68(2,3)54-37-38-71-67(44-54)74-63-35-31-50(48-21-12-8-13-22-48)41-62(63)61-34-33-60(46-65(61)74)75-59-30-20-29-57(45-59)72-47-73(64-36-32-55(43-66(64)72)69(4,5)52-25-16-10-17-26-52)58-40-51(49-23-14-9-15-24-49)39-56(42-58)70(6,7)53-27-18-11-19-28-53/h8-46H,47H2,1-7H3. The number of ether oxygens (including phenoxy) is 1. The summed E-state index contributed by atoms with van der Waals surface area (Å²) in [6.45, 7) is 16.7. The Labute approximate surface area is 442 Å². The van der Waals surface area contributed by atoms with Gasteiger partial charge in [-0.1, -0.05) is 194 Å². The van der Waals surface area contributed by atoms with E-state index in [4.69, 9.17) is 9.72 Å². The molecule has 2 aromatic heterocycles. The Morgan fingerprint density at radius 3 is 1.68 bits per heavy atom. The first-order valence-electron chi connectivity index (χ1n) is 26.2. The van der Waals surface area contributed by atoms with Gasteiger partial charge in [-0.25, -0.2) is 4.98 Å². The van der Waals surface area contributed by atoms with E-state index in [9.17, 15) is 0 Å². The van der Waals surface area contributed by atoms with Crippen molar-refractivity contribution in [2.75, 3.05) is 16.5 Å². The Hall–Kier alpha value is -8.67. The predicted octanol–water partition coefficient (Wildman–Crippen LogP) is 18.5. The summed E-state index contributed by atoms with van der Waals surface area (Å²) in [5, 5.41) is 2.31. The summed E-state index contributed by atoms with van der Waals surface area (Å²) < 4.78 is 9.26.